The minimum atomic E-state index is -0.598. The van der Waals surface area contributed by atoms with Crippen molar-refractivity contribution in [3.05, 3.63) is 34.9 Å². The minimum Gasteiger partial charge on any atom is -0.464 e. The zero-order valence-electron chi connectivity index (χ0n) is 8.55. The minimum absolute atomic E-state index is 0.0892. The Morgan fingerprint density at radius 3 is 2.57 bits per heavy atom. The molecule has 14 heavy (non-hydrogen) atoms. The highest BCUT2D eigenvalue weighted by Crippen LogP contribution is 2.13. The second kappa shape index (κ2) is 4.05. The van der Waals surface area contributed by atoms with Crippen molar-refractivity contribution >= 4 is 11.7 Å². The summed E-state index contributed by atoms with van der Waals surface area (Å²) < 4.78 is 4.50. The number of esters is 1. The maximum absolute atomic E-state index is 11.1. The molecule has 0 aliphatic heterocycles. The van der Waals surface area contributed by atoms with Crippen LogP contribution in [0.4, 0.5) is 0 Å². The fourth-order valence-electron chi connectivity index (χ4n) is 1.23. The lowest BCUT2D eigenvalue weighted by Crippen LogP contribution is -2.17. The summed E-state index contributed by atoms with van der Waals surface area (Å²) in [5, 5.41) is 7.60. The average molecular weight is 191 g/mol. The summed E-state index contributed by atoms with van der Waals surface area (Å²) in [6, 6.07) is 5.53. The molecule has 0 radical (unpaired) electrons. The van der Waals surface area contributed by atoms with Crippen molar-refractivity contribution in [3.8, 4) is 0 Å². The van der Waals surface area contributed by atoms with Gasteiger partial charge >= 0.3 is 5.97 Å². The van der Waals surface area contributed by atoms with E-state index in [0.717, 1.165) is 11.1 Å². The third kappa shape index (κ3) is 1.82. The summed E-state index contributed by atoms with van der Waals surface area (Å²) in [4.78, 5) is 11.1. The molecule has 0 saturated heterocycles. The van der Waals surface area contributed by atoms with Crippen molar-refractivity contribution in [2.45, 2.75) is 13.8 Å². The number of rotatable bonds is 2. The predicted molar refractivity (Wildman–Crippen MR) is 54.8 cm³/mol. The largest absolute Gasteiger partial charge is 0.464 e. The molecule has 74 valence electrons. The van der Waals surface area contributed by atoms with E-state index in [4.69, 9.17) is 5.41 Å². The van der Waals surface area contributed by atoms with Crippen LogP contribution in [0.3, 0.4) is 0 Å². The molecule has 0 aliphatic carbocycles. The van der Waals surface area contributed by atoms with Gasteiger partial charge in [0.25, 0.3) is 0 Å². The molecule has 0 heterocycles. The van der Waals surface area contributed by atoms with Crippen LogP contribution in [0.1, 0.15) is 16.7 Å². The standard InChI is InChI=1S/C11H13NO2/c1-7-5-4-6-9(8(7)2)10(12)11(13)14-3/h4-6,12H,1-3H3. The van der Waals surface area contributed by atoms with Gasteiger partial charge in [-0.15, -0.1) is 0 Å². The quantitative estimate of drug-likeness (QED) is 0.572. The first-order chi connectivity index (χ1) is 6.57. The Hall–Kier alpha value is -1.64. The Morgan fingerprint density at radius 2 is 2.00 bits per heavy atom. The summed E-state index contributed by atoms with van der Waals surface area (Å²) >= 11 is 0. The lowest BCUT2D eigenvalue weighted by atomic mass is 10.00. The molecule has 1 rings (SSSR count). The number of carbonyl (C=O) groups is 1. The van der Waals surface area contributed by atoms with E-state index >= 15 is 0 Å². The number of methoxy groups -OCH3 is 1. The van der Waals surface area contributed by atoms with Gasteiger partial charge in [-0.2, -0.15) is 0 Å². The van der Waals surface area contributed by atoms with Crippen molar-refractivity contribution in [1.82, 2.24) is 0 Å². The van der Waals surface area contributed by atoms with Crippen LogP contribution in [0.5, 0.6) is 0 Å². The van der Waals surface area contributed by atoms with E-state index < -0.39 is 5.97 Å². The highest BCUT2D eigenvalue weighted by atomic mass is 16.5. The maximum atomic E-state index is 11.1. The summed E-state index contributed by atoms with van der Waals surface area (Å²) in [7, 11) is 1.28. The van der Waals surface area contributed by atoms with E-state index in [0.29, 0.717) is 5.56 Å². The van der Waals surface area contributed by atoms with Gasteiger partial charge in [-0.3, -0.25) is 5.41 Å². The van der Waals surface area contributed by atoms with Gasteiger partial charge in [0, 0.05) is 5.56 Å². The van der Waals surface area contributed by atoms with Crippen LogP contribution in [0.15, 0.2) is 18.2 Å². The van der Waals surface area contributed by atoms with Crippen molar-refractivity contribution in [2.24, 2.45) is 0 Å². The topological polar surface area (TPSA) is 50.2 Å². The van der Waals surface area contributed by atoms with Crippen molar-refractivity contribution in [2.75, 3.05) is 7.11 Å². The van der Waals surface area contributed by atoms with E-state index in [1.54, 1.807) is 6.07 Å². The molecule has 1 aromatic carbocycles. The van der Waals surface area contributed by atoms with Crippen LogP contribution in [0.25, 0.3) is 0 Å². The molecule has 1 N–H and O–H groups in total. The number of nitrogens with one attached hydrogen (secondary N) is 1. The summed E-state index contributed by atoms with van der Waals surface area (Å²) in [6.07, 6.45) is 0. The molecule has 0 fully saturated rings. The lowest BCUT2D eigenvalue weighted by Gasteiger charge is -2.07. The first-order valence-corrected chi connectivity index (χ1v) is 4.31. The van der Waals surface area contributed by atoms with E-state index in [9.17, 15) is 4.79 Å². The maximum Gasteiger partial charge on any atom is 0.356 e. The van der Waals surface area contributed by atoms with Gasteiger partial charge in [0.15, 0.2) is 0 Å². The fourth-order valence-corrected chi connectivity index (χ4v) is 1.23. The van der Waals surface area contributed by atoms with Gasteiger partial charge in [0.05, 0.1) is 7.11 Å². The number of benzene rings is 1. The SMILES string of the molecule is COC(=O)C(=N)c1cccc(C)c1C. The molecule has 0 saturated carbocycles. The molecule has 0 spiro atoms. The number of ether oxygens (including phenoxy) is 1. The fraction of sp³-hybridized carbons (Fsp3) is 0.273. The van der Waals surface area contributed by atoms with Crippen LogP contribution < -0.4 is 0 Å². The summed E-state index contributed by atoms with van der Waals surface area (Å²) in [5.74, 6) is -0.598. The predicted octanol–water partition coefficient (Wildman–Crippen LogP) is 1.84. The van der Waals surface area contributed by atoms with Gasteiger partial charge in [0.1, 0.15) is 5.71 Å². The third-order valence-corrected chi connectivity index (χ3v) is 2.26. The van der Waals surface area contributed by atoms with E-state index in [1.165, 1.54) is 7.11 Å². The number of carbonyl (C=O) groups excluding carboxylic acids is 1. The van der Waals surface area contributed by atoms with E-state index in [2.05, 4.69) is 4.74 Å². The highest BCUT2D eigenvalue weighted by Gasteiger charge is 2.14. The second-order valence-electron chi connectivity index (χ2n) is 3.11. The van der Waals surface area contributed by atoms with E-state index in [1.807, 2.05) is 26.0 Å². The van der Waals surface area contributed by atoms with Crippen molar-refractivity contribution < 1.29 is 9.53 Å². The molecule has 0 aromatic heterocycles. The Labute approximate surface area is 83.2 Å². The molecule has 0 atom stereocenters. The van der Waals surface area contributed by atoms with Gasteiger partial charge < -0.3 is 4.74 Å². The van der Waals surface area contributed by atoms with Crippen LogP contribution in [0.2, 0.25) is 0 Å². The molecule has 0 amide bonds. The van der Waals surface area contributed by atoms with Crippen LogP contribution in [0, 0.1) is 19.3 Å². The smallest absolute Gasteiger partial charge is 0.356 e. The monoisotopic (exact) mass is 191 g/mol. The molecule has 1 aromatic rings. The first-order valence-electron chi connectivity index (χ1n) is 4.31. The first kappa shape index (κ1) is 10.4. The lowest BCUT2D eigenvalue weighted by molar-refractivity contribution is -0.132. The Morgan fingerprint density at radius 1 is 1.36 bits per heavy atom. The van der Waals surface area contributed by atoms with Crippen LogP contribution in [-0.4, -0.2) is 18.8 Å². The molecule has 3 nitrogen and oxygen atoms in total. The van der Waals surface area contributed by atoms with Crippen LogP contribution in [-0.2, 0) is 9.53 Å². The Kier molecular flexibility index (Phi) is 3.02. The Balaban J connectivity index is 3.14. The van der Waals surface area contributed by atoms with Gasteiger partial charge in [-0.1, -0.05) is 18.2 Å². The zero-order chi connectivity index (χ0) is 10.7. The summed E-state index contributed by atoms with van der Waals surface area (Å²) in [5.41, 5.74) is 2.56. The molecule has 0 bridgehead atoms. The van der Waals surface area contributed by atoms with Crippen molar-refractivity contribution in [1.29, 1.82) is 5.41 Å². The normalized spacial score (nSPS) is 9.64. The molecule has 3 heteroatoms. The summed E-state index contributed by atoms with van der Waals surface area (Å²) in [6.45, 7) is 3.84. The van der Waals surface area contributed by atoms with Crippen molar-refractivity contribution in [3.63, 3.8) is 0 Å². The highest BCUT2D eigenvalue weighted by molar-refractivity contribution is 6.42. The number of hydrogen-bond acceptors (Lipinski definition) is 3. The molecule has 0 aliphatic rings. The average Bonchev–Trinajstić information content (AvgIpc) is 2.20. The Bertz CT molecular complexity index is 383. The molecule has 0 unspecified atom stereocenters. The van der Waals surface area contributed by atoms with E-state index in [-0.39, 0.29) is 5.71 Å². The molecular weight excluding hydrogens is 178 g/mol. The third-order valence-electron chi connectivity index (χ3n) is 2.26. The number of hydrogen-bond donors (Lipinski definition) is 1. The van der Waals surface area contributed by atoms with Gasteiger partial charge in [-0.05, 0) is 25.0 Å². The number of aryl methyl sites for hydroxylation is 1. The zero-order valence-corrected chi connectivity index (χ0v) is 8.55. The van der Waals surface area contributed by atoms with Gasteiger partial charge in [-0.25, -0.2) is 4.79 Å². The van der Waals surface area contributed by atoms with Gasteiger partial charge in [0.2, 0.25) is 0 Å². The second-order valence-corrected chi connectivity index (χ2v) is 3.11. The van der Waals surface area contributed by atoms with Crippen LogP contribution >= 0.6 is 0 Å². The molecular formula is C11H13NO2.